The summed E-state index contributed by atoms with van der Waals surface area (Å²) in [5.74, 6) is 1.66. The van der Waals surface area contributed by atoms with Crippen LogP contribution in [0.4, 0.5) is 0 Å². The number of ether oxygens (including phenoxy) is 3. The maximum Gasteiger partial charge on any atom is 0.161 e. The molecular formula is C16H23NO3. The van der Waals surface area contributed by atoms with Crippen LogP contribution in [0, 0.1) is 0 Å². The molecule has 0 amide bonds. The van der Waals surface area contributed by atoms with Crippen molar-refractivity contribution in [1.29, 1.82) is 0 Å². The van der Waals surface area contributed by atoms with Gasteiger partial charge in [-0.1, -0.05) is 18.2 Å². The molecule has 0 saturated heterocycles. The Labute approximate surface area is 120 Å². The summed E-state index contributed by atoms with van der Waals surface area (Å²) < 4.78 is 16.6. The molecule has 4 heteroatoms. The van der Waals surface area contributed by atoms with Crippen molar-refractivity contribution in [3.05, 3.63) is 35.9 Å². The van der Waals surface area contributed by atoms with E-state index in [2.05, 4.69) is 24.9 Å². The Morgan fingerprint density at radius 1 is 1.35 bits per heavy atom. The summed E-state index contributed by atoms with van der Waals surface area (Å²) in [4.78, 5) is 0. The zero-order chi connectivity index (χ0) is 14.4. The van der Waals surface area contributed by atoms with E-state index in [9.17, 15) is 0 Å². The fraction of sp³-hybridized carbons (Fsp3) is 0.500. The fourth-order valence-corrected chi connectivity index (χ4v) is 2.04. The van der Waals surface area contributed by atoms with Crippen LogP contribution in [-0.2, 0) is 4.74 Å². The third-order valence-corrected chi connectivity index (χ3v) is 3.11. The Balaban J connectivity index is 1.80. The Morgan fingerprint density at radius 3 is 2.85 bits per heavy atom. The van der Waals surface area contributed by atoms with Gasteiger partial charge in [-0.25, -0.2) is 0 Å². The average Bonchev–Trinajstić information content (AvgIpc) is 2.46. The monoisotopic (exact) mass is 277 g/mol. The van der Waals surface area contributed by atoms with Crippen LogP contribution in [0.15, 0.2) is 30.4 Å². The number of rotatable bonds is 7. The van der Waals surface area contributed by atoms with Gasteiger partial charge in [-0.2, -0.15) is 0 Å². The number of hydrogen-bond acceptors (Lipinski definition) is 4. The molecule has 0 saturated carbocycles. The second kappa shape index (κ2) is 7.31. The van der Waals surface area contributed by atoms with E-state index in [-0.39, 0.29) is 6.04 Å². The maximum absolute atomic E-state index is 5.60. The Morgan fingerprint density at radius 2 is 2.10 bits per heavy atom. The minimum atomic E-state index is 0.249. The van der Waals surface area contributed by atoms with E-state index in [1.54, 1.807) is 0 Å². The number of benzene rings is 1. The fourth-order valence-electron chi connectivity index (χ4n) is 2.04. The van der Waals surface area contributed by atoms with Crippen LogP contribution in [0.2, 0.25) is 0 Å². The first kappa shape index (κ1) is 14.9. The van der Waals surface area contributed by atoms with Crippen LogP contribution in [0.3, 0.4) is 0 Å². The van der Waals surface area contributed by atoms with E-state index in [0.717, 1.165) is 23.6 Å². The van der Waals surface area contributed by atoms with Crippen LogP contribution in [0.1, 0.15) is 25.5 Å². The highest BCUT2D eigenvalue weighted by atomic mass is 16.6. The molecule has 2 rings (SSSR count). The SMILES string of the molecule is C=C(C)COCCNC(C)c1ccc2c(c1)OCCO2. The quantitative estimate of drug-likeness (QED) is 0.614. The lowest BCUT2D eigenvalue weighted by atomic mass is 10.1. The van der Waals surface area contributed by atoms with Crippen molar-refractivity contribution >= 4 is 0 Å². The third-order valence-electron chi connectivity index (χ3n) is 3.11. The summed E-state index contributed by atoms with van der Waals surface area (Å²) in [6.07, 6.45) is 0. The largest absolute Gasteiger partial charge is 0.486 e. The van der Waals surface area contributed by atoms with Crippen molar-refractivity contribution in [3.8, 4) is 11.5 Å². The Bertz CT molecular complexity index is 459. The van der Waals surface area contributed by atoms with E-state index < -0.39 is 0 Å². The highest BCUT2D eigenvalue weighted by Gasteiger charge is 2.14. The van der Waals surface area contributed by atoms with Gasteiger partial charge in [-0.3, -0.25) is 0 Å². The summed E-state index contributed by atoms with van der Waals surface area (Å²) >= 11 is 0. The van der Waals surface area contributed by atoms with Crippen molar-refractivity contribution in [2.75, 3.05) is 33.0 Å². The lowest BCUT2D eigenvalue weighted by Gasteiger charge is -2.21. The van der Waals surface area contributed by atoms with Gasteiger partial charge in [-0.05, 0) is 31.5 Å². The smallest absolute Gasteiger partial charge is 0.161 e. The molecule has 110 valence electrons. The summed E-state index contributed by atoms with van der Waals surface area (Å²) in [5.41, 5.74) is 2.24. The van der Waals surface area contributed by atoms with Crippen molar-refractivity contribution in [2.45, 2.75) is 19.9 Å². The molecule has 1 unspecified atom stereocenters. The zero-order valence-corrected chi connectivity index (χ0v) is 12.3. The van der Waals surface area contributed by atoms with Crippen molar-refractivity contribution in [2.24, 2.45) is 0 Å². The van der Waals surface area contributed by atoms with Gasteiger partial charge in [0.2, 0.25) is 0 Å². The summed E-state index contributed by atoms with van der Waals surface area (Å²) in [6, 6.07) is 6.33. The van der Waals surface area contributed by atoms with Gasteiger partial charge in [0.15, 0.2) is 11.5 Å². The van der Waals surface area contributed by atoms with Crippen molar-refractivity contribution in [1.82, 2.24) is 5.32 Å². The van der Waals surface area contributed by atoms with E-state index >= 15 is 0 Å². The molecule has 0 fully saturated rings. The summed E-state index contributed by atoms with van der Waals surface area (Å²) in [7, 11) is 0. The molecule has 1 heterocycles. The second-order valence-electron chi connectivity index (χ2n) is 5.09. The van der Waals surface area contributed by atoms with Crippen molar-refractivity contribution < 1.29 is 14.2 Å². The van der Waals surface area contributed by atoms with Crippen LogP contribution in [0.5, 0.6) is 11.5 Å². The van der Waals surface area contributed by atoms with Gasteiger partial charge in [0.25, 0.3) is 0 Å². The van der Waals surface area contributed by atoms with E-state index in [1.807, 2.05) is 19.1 Å². The highest BCUT2D eigenvalue weighted by Crippen LogP contribution is 2.32. The van der Waals surface area contributed by atoms with E-state index in [4.69, 9.17) is 14.2 Å². The zero-order valence-electron chi connectivity index (χ0n) is 12.3. The van der Waals surface area contributed by atoms with Gasteiger partial charge in [0.1, 0.15) is 13.2 Å². The van der Waals surface area contributed by atoms with Gasteiger partial charge in [0.05, 0.1) is 13.2 Å². The van der Waals surface area contributed by atoms with Crippen LogP contribution < -0.4 is 14.8 Å². The summed E-state index contributed by atoms with van der Waals surface area (Å²) in [6.45, 7) is 11.3. The normalized spacial score (nSPS) is 14.9. The Hall–Kier alpha value is -1.52. The van der Waals surface area contributed by atoms with Gasteiger partial charge in [-0.15, -0.1) is 0 Å². The first-order valence-electron chi connectivity index (χ1n) is 7.02. The minimum absolute atomic E-state index is 0.249. The molecule has 4 nitrogen and oxygen atoms in total. The maximum atomic E-state index is 5.60. The molecule has 0 radical (unpaired) electrons. The number of fused-ring (bicyclic) bond motifs is 1. The third kappa shape index (κ3) is 4.25. The molecule has 1 N–H and O–H groups in total. The number of hydrogen-bond donors (Lipinski definition) is 1. The van der Waals surface area contributed by atoms with Crippen LogP contribution in [-0.4, -0.2) is 33.0 Å². The summed E-state index contributed by atoms with van der Waals surface area (Å²) in [5, 5.41) is 3.43. The first-order chi connectivity index (χ1) is 9.66. The highest BCUT2D eigenvalue weighted by molar-refractivity contribution is 5.44. The van der Waals surface area contributed by atoms with E-state index in [0.29, 0.717) is 26.4 Å². The van der Waals surface area contributed by atoms with Crippen LogP contribution >= 0.6 is 0 Å². The van der Waals surface area contributed by atoms with Gasteiger partial charge < -0.3 is 19.5 Å². The number of nitrogens with one attached hydrogen (secondary N) is 1. The molecule has 20 heavy (non-hydrogen) atoms. The molecule has 0 bridgehead atoms. The van der Waals surface area contributed by atoms with Crippen LogP contribution in [0.25, 0.3) is 0 Å². The lowest BCUT2D eigenvalue weighted by molar-refractivity contribution is 0.155. The van der Waals surface area contributed by atoms with Crippen molar-refractivity contribution in [3.63, 3.8) is 0 Å². The lowest BCUT2D eigenvalue weighted by Crippen LogP contribution is -2.24. The topological polar surface area (TPSA) is 39.7 Å². The predicted octanol–water partition coefficient (Wildman–Crippen LogP) is 2.70. The molecule has 1 aliphatic rings. The molecule has 0 spiro atoms. The Kier molecular flexibility index (Phi) is 5.44. The van der Waals surface area contributed by atoms with E-state index in [1.165, 1.54) is 5.56 Å². The minimum Gasteiger partial charge on any atom is -0.486 e. The molecule has 0 aliphatic carbocycles. The molecule has 1 atom stereocenters. The molecule has 1 aromatic rings. The van der Waals surface area contributed by atoms with Gasteiger partial charge in [0, 0.05) is 12.6 Å². The molecule has 0 aromatic heterocycles. The second-order valence-corrected chi connectivity index (χ2v) is 5.09. The molecule has 1 aliphatic heterocycles. The standard InChI is InChI=1S/C16H23NO3/c1-12(2)11-18-7-6-17-13(3)14-4-5-15-16(10-14)20-9-8-19-15/h4-5,10,13,17H,1,6-9,11H2,2-3H3. The first-order valence-corrected chi connectivity index (χ1v) is 7.02. The molecule has 1 aromatic carbocycles. The predicted molar refractivity (Wildman–Crippen MR) is 79.5 cm³/mol. The van der Waals surface area contributed by atoms with Gasteiger partial charge >= 0.3 is 0 Å². The molecular weight excluding hydrogens is 254 g/mol. The average molecular weight is 277 g/mol.